The van der Waals surface area contributed by atoms with Crippen molar-refractivity contribution in [1.82, 2.24) is 4.72 Å². The third-order valence-electron chi connectivity index (χ3n) is 2.91. The van der Waals surface area contributed by atoms with Gasteiger partial charge in [-0.05, 0) is 69.6 Å². The van der Waals surface area contributed by atoms with Gasteiger partial charge in [-0.25, -0.2) is 13.1 Å². The molecule has 0 saturated carbocycles. The fourth-order valence-corrected chi connectivity index (χ4v) is 3.43. The molecule has 1 aromatic carbocycles. The first-order valence-corrected chi connectivity index (χ1v) is 9.12. The van der Waals surface area contributed by atoms with Crippen LogP contribution in [0.1, 0.15) is 11.3 Å². The topological polar surface area (TPSA) is 71.3 Å². The Labute approximate surface area is 140 Å². The summed E-state index contributed by atoms with van der Waals surface area (Å²) in [6.07, 6.45) is 0. The molecule has 0 aliphatic heterocycles. The molecule has 21 heavy (non-hydrogen) atoms. The van der Waals surface area contributed by atoms with E-state index in [9.17, 15) is 8.42 Å². The first-order chi connectivity index (χ1) is 9.83. The number of furan rings is 1. The van der Waals surface area contributed by atoms with Gasteiger partial charge in [0.05, 0.1) is 15.9 Å². The van der Waals surface area contributed by atoms with Crippen molar-refractivity contribution >= 4 is 47.6 Å². The summed E-state index contributed by atoms with van der Waals surface area (Å²) >= 11 is 6.61. The Hall–Kier alpha value is -0.830. The minimum Gasteiger partial charge on any atom is -0.451 e. The molecular weight excluding hydrogens is 424 g/mol. The van der Waals surface area contributed by atoms with Crippen molar-refractivity contribution in [2.24, 2.45) is 0 Å². The number of hydrogen-bond donors (Lipinski definition) is 2. The van der Waals surface area contributed by atoms with Gasteiger partial charge in [-0.1, -0.05) is 6.07 Å². The summed E-state index contributed by atoms with van der Waals surface area (Å²) in [4.78, 5) is 0.261. The molecule has 0 saturated heterocycles. The van der Waals surface area contributed by atoms with Crippen molar-refractivity contribution in [3.8, 4) is 0 Å². The van der Waals surface area contributed by atoms with E-state index in [0.29, 0.717) is 22.5 Å². The van der Waals surface area contributed by atoms with Gasteiger partial charge in [-0.2, -0.15) is 0 Å². The highest BCUT2D eigenvalue weighted by Crippen LogP contribution is 2.27. The second-order valence-electron chi connectivity index (χ2n) is 4.38. The summed E-state index contributed by atoms with van der Waals surface area (Å²) in [5.74, 6) is 0.729. The lowest BCUT2D eigenvalue weighted by Gasteiger charge is -2.10. The van der Waals surface area contributed by atoms with E-state index >= 15 is 0 Å². The Morgan fingerprint density at radius 1 is 1.24 bits per heavy atom. The maximum atomic E-state index is 11.9. The molecule has 8 heteroatoms. The van der Waals surface area contributed by atoms with Crippen LogP contribution in [0.2, 0.25) is 0 Å². The van der Waals surface area contributed by atoms with Gasteiger partial charge in [0.2, 0.25) is 10.0 Å². The average molecular weight is 438 g/mol. The van der Waals surface area contributed by atoms with E-state index in [2.05, 4.69) is 41.9 Å². The first-order valence-electron chi connectivity index (χ1n) is 6.05. The Morgan fingerprint density at radius 3 is 2.52 bits per heavy atom. The molecule has 0 fully saturated rings. The van der Waals surface area contributed by atoms with Crippen molar-refractivity contribution in [2.75, 3.05) is 12.4 Å². The predicted octanol–water partition coefficient (Wildman–Crippen LogP) is 3.63. The highest BCUT2D eigenvalue weighted by Gasteiger charge is 2.15. The predicted molar refractivity (Wildman–Crippen MR) is 88.9 cm³/mol. The highest BCUT2D eigenvalue weighted by atomic mass is 79.9. The molecule has 2 rings (SSSR count). The molecule has 114 valence electrons. The minimum absolute atomic E-state index is 0.261. The third-order valence-corrected chi connectivity index (χ3v) is 6.18. The minimum atomic E-state index is -3.47. The monoisotopic (exact) mass is 436 g/mol. The van der Waals surface area contributed by atoms with Crippen LogP contribution in [-0.2, 0) is 16.6 Å². The maximum Gasteiger partial charge on any atom is 0.240 e. The number of benzene rings is 1. The van der Waals surface area contributed by atoms with Gasteiger partial charge in [-0.15, -0.1) is 0 Å². The van der Waals surface area contributed by atoms with E-state index in [1.54, 1.807) is 19.1 Å². The molecular formula is C13H14Br2N2O3S. The van der Waals surface area contributed by atoms with Crippen LogP contribution < -0.4 is 10.0 Å². The van der Waals surface area contributed by atoms with Gasteiger partial charge in [0.25, 0.3) is 0 Å². The average Bonchev–Trinajstić information content (AvgIpc) is 2.76. The Balaban J connectivity index is 2.20. The standard InChI is InChI=1S/C13H14Br2N2O3S/c1-8-3-4-9(5-12(8)21(18,19)16-2)17-7-10-6-11(14)13(15)20-10/h3-6,16-17H,7H2,1-2H3. The van der Waals surface area contributed by atoms with Crippen LogP contribution in [0, 0.1) is 6.92 Å². The number of hydrogen-bond acceptors (Lipinski definition) is 4. The lowest BCUT2D eigenvalue weighted by molar-refractivity contribution is 0.494. The summed E-state index contributed by atoms with van der Waals surface area (Å²) in [6.45, 7) is 2.21. The first kappa shape index (κ1) is 16.5. The lowest BCUT2D eigenvalue weighted by Crippen LogP contribution is -2.19. The van der Waals surface area contributed by atoms with Gasteiger partial charge < -0.3 is 9.73 Å². The van der Waals surface area contributed by atoms with Gasteiger partial charge in [-0.3, -0.25) is 0 Å². The van der Waals surface area contributed by atoms with Crippen molar-refractivity contribution in [1.29, 1.82) is 0 Å². The van der Waals surface area contributed by atoms with E-state index in [4.69, 9.17) is 4.42 Å². The summed E-state index contributed by atoms with van der Waals surface area (Å²) in [5.41, 5.74) is 1.40. The normalized spacial score (nSPS) is 11.6. The second-order valence-corrected chi connectivity index (χ2v) is 7.81. The van der Waals surface area contributed by atoms with Gasteiger partial charge in [0.1, 0.15) is 5.76 Å². The summed E-state index contributed by atoms with van der Waals surface area (Å²) in [6, 6.07) is 7.04. The van der Waals surface area contributed by atoms with E-state index in [0.717, 1.165) is 10.2 Å². The van der Waals surface area contributed by atoms with Crippen molar-refractivity contribution in [3.05, 3.63) is 44.7 Å². The molecule has 0 spiro atoms. The van der Waals surface area contributed by atoms with Crippen LogP contribution in [-0.4, -0.2) is 15.5 Å². The summed E-state index contributed by atoms with van der Waals surface area (Å²) in [7, 11) is -2.07. The van der Waals surface area contributed by atoms with E-state index in [1.165, 1.54) is 7.05 Å². The van der Waals surface area contributed by atoms with Crippen molar-refractivity contribution < 1.29 is 12.8 Å². The Kier molecular flexibility index (Phi) is 5.13. The zero-order chi connectivity index (χ0) is 15.6. The van der Waals surface area contributed by atoms with Crippen LogP contribution in [0.15, 0.2) is 42.7 Å². The molecule has 0 unspecified atom stereocenters. The molecule has 0 aliphatic rings. The smallest absolute Gasteiger partial charge is 0.240 e. The van der Waals surface area contributed by atoms with Crippen molar-refractivity contribution in [2.45, 2.75) is 18.4 Å². The zero-order valence-corrected chi connectivity index (χ0v) is 15.4. The van der Waals surface area contributed by atoms with E-state index < -0.39 is 10.0 Å². The summed E-state index contributed by atoms with van der Waals surface area (Å²) < 4.78 is 33.1. The molecule has 0 amide bonds. The largest absolute Gasteiger partial charge is 0.451 e. The Bertz CT molecular complexity index is 737. The summed E-state index contributed by atoms with van der Waals surface area (Å²) in [5, 5.41) is 3.14. The van der Waals surface area contributed by atoms with Crippen molar-refractivity contribution in [3.63, 3.8) is 0 Å². The fraction of sp³-hybridized carbons (Fsp3) is 0.231. The second kappa shape index (κ2) is 6.51. The molecule has 0 radical (unpaired) electrons. The van der Waals surface area contributed by atoms with Crippen LogP contribution in [0.25, 0.3) is 0 Å². The lowest BCUT2D eigenvalue weighted by atomic mass is 10.2. The van der Waals surface area contributed by atoms with Crippen LogP contribution in [0.5, 0.6) is 0 Å². The fourth-order valence-electron chi connectivity index (χ4n) is 1.78. The highest BCUT2D eigenvalue weighted by molar-refractivity contribution is 9.13. The third kappa shape index (κ3) is 3.88. The number of rotatable bonds is 5. The van der Waals surface area contributed by atoms with Crippen LogP contribution in [0.3, 0.4) is 0 Å². The number of sulfonamides is 1. The number of nitrogens with one attached hydrogen (secondary N) is 2. The maximum absolute atomic E-state index is 11.9. The molecule has 5 nitrogen and oxygen atoms in total. The van der Waals surface area contributed by atoms with Crippen LogP contribution >= 0.6 is 31.9 Å². The van der Waals surface area contributed by atoms with Crippen LogP contribution in [0.4, 0.5) is 5.69 Å². The number of halogens is 2. The molecule has 0 aliphatic carbocycles. The molecule has 1 heterocycles. The van der Waals surface area contributed by atoms with Gasteiger partial charge >= 0.3 is 0 Å². The van der Waals surface area contributed by atoms with E-state index in [-0.39, 0.29) is 4.90 Å². The SMILES string of the molecule is CNS(=O)(=O)c1cc(NCc2cc(Br)c(Br)o2)ccc1C. The number of anilines is 1. The van der Waals surface area contributed by atoms with Gasteiger partial charge in [0, 0.05) is 5.69 Å². The molecule has 0 bridgehead atoms. The Morgan fingerprint density at radius 2 is 1.95 bits per heavy atom. The van der Waals surface area contributed by atoms with Gasteiger partial charge in [0.15, 0.2) is 4.67 Å². The van der Waals surface area contributed by atoms with E-state index in [1.807, 2.05) is 12.1 Å². The quantitative estimate of drug-likeness (QED) is 0.749. The zero-order valence-electron chi connectivity index (χ0n) is 11.4. The molecule has 2 N–H and O–H groups in total. The molecule has 1 aromatic heterocycles. The molecule has 2 aromatic rings. The molecule has 0 atom stereocenters. The number of aryl methyl sites for hydroxylation is 1.